The first-order valence-corrected chi connectivity index (χ1v) is 6.90. The average molecular weight is 330 g/mol. The van der Waals surface area contributed by atoms with E-state index in [1.807, 2.05) is 36.5 Å². The van der Waals surface area contributed by atoms with Gasteiger partial charge in [0, 0.05) is 29.1 Å². The van der Waals surface area contributed by atoms with E-state index in [1.54, 1.807) is 23.4 Å². The molecule has 0 spiro atoms. The standard InChI is InChI=1S/C14H12BrN5/c15-12-7-11(8-16-10-12)9-17-13-1-3-14(4-2-13)20-18-5-6-19-20/h1-8,10,17H,9H2. The van der Waals surface area contributed by atoms with E-state index in [9.17, 15) is 0 Å². The van der Waals surface area contributed by atoms with E-state index < -0.39 is 0 Å². The zero-order valence-corrected chi connectivity index (χ0v) is 12.2. The van der Waals surface area contributed by atoms with Crippen molar-refractivity contribution in [1.82, 2.24) is 20.0 Å². The van der Waals surface area contributed by atoms with Gasteiger partial charge in [0.2, 0.25) is 0 Å². The maximum Gasteiger partial charge on any atom is 0.0858 e. The molecule has 0 bridgehead atoms. The molecule has 0 aliphatic heterocycles. The molecule has 1 aromatic carbocycles. The summed E-state index contributed by atoms with van der Waals surface area (Å²) in [4.78, 5) is 5.72. The summed E-state index contributed by atoms with van der Waals surface area (Å²) < 4.78 is 0.983. The summed E-state index contributed by atoms with van der Waals surface area (Å²) in [5, 5.41) is 11.5. The third-order valence-corrected chi connectivity index (χ3v) is 3.21. The summed E-state index contributed by atoms with van der Waals surface area (Å²) in [6.07, 6.45) is 6.94. The third kappa shape index (κ3) is 3.03. The quantitative estimate of drug-likeness (QED) is 0.799. The first-order chi connectivity index (χ1) is 9.81. The first kappa shape index (κ1) is 12.8. The van der Waals surface area contributed by atoms with Crippen molar-refractivity contribution in [2.45, 2.75) is 6.54 Å². The van der Waals surface area contributed by atoms with Gasteiger partial charge in [-0.2, -0.15) is 15.0 Å². The van der Waals surface area contributed by atoms with E-state index in [-0.39, 0.29) is 0 Å². The number of halogens is 1. The molecule has 6 heteroatoms. The Kier molecular flexibility index (Phi) is 3.73. The minimum absolute atomic E-state index is 0.728. The van der Waals surface area contributed by atoms with Gasteiger partial charge in [0.15, 0.2) is 0 Å². The number of benzene rings is 1. The first-order valence-electron chi connectivity index (χ1n) is 6.11. The lowest BCUT2D eigenvalue weighted by Crippen LogP contribution is -2.01. The van der Waals surface area contributed by atoms with Crippen LogP contribution in [0.4, 0.5) is 5.69 Å². The molecule has 0 saturated heterocycles. The van der Waals surface area contributed by atoms with Gasteiger partial charge in [-0.05, 0) is 51.8 Å². The van der Waals surface area contributed by atoms with Crippen LogP contribution in [0.3, 0.4) is 0 Å². The Balaban J connectivity index is 1.67. The molecule has 0 fully saturated rings. The second-order valence-electron chi connectivity index (χ2n) is 4.23. The molecule has 3 aromatic rings. The normalized spacial score (nSPS) is 10.4. The largest absolute Gasteiger partial charge is 0.381 e. The van der Waals surface area contributed by atoms with Gasteiger partial charge in [-0.15, -0.1) is 0 Å². The van der Waals surface area contributed by atoms with Crippen LogP contribution in [0, 0.1) is 0 Å². The van der Waals surface area contributed by atoms with Crippen LogP contribution in [0.15, 0.2) is 59.6 Å². The maximum atomic E-state index is 4.14. The van der Waals surface area contributed by atoms with Gasteiger partial charge in [0.05, 0.1) is 18.1 Å². The molecule has 100 valence electrons. The molecule has 0 saturated carbocycles. The zero-order chi connectivity index (χ0) is 13.8. The van der Waals surface area contributed by atoms with Gasteiger partial charge >= 0.3 is 0 Å². The number of hydrogen-bond acceptors (Lipinski definition) is 4. The van der Waals surface area contributed by atoms with Gasteiger partial charge in [0.25, 0.3) is 0 Å². The minimum Gasteiger partial charge on any atom is -0.381 e. The number of nitrogens with zero attached hydrogens (tertiary/aromatic N) is 4. The van der Waals surface area contributed by atoms with Crippen LogP contribution < -0.4 is 5.32 Å². The Hall–Kier alpha value is -2.21. The molecule has 0 unspecified atom stereocenters. The van der Waals surface area contributed by atoms with Crippen molar-refractivity contribution in [2.24, 2.45) is 0 Å². The monoisotopic (exact) mass is 329 g/mol. The van der Waals surface area contributed by atoms with Crippen LogP contribution in [-0.2, 0) is 6.54 Å². The van der Waals surface area contributed by atoms with Crippen molar-refractivity contribution >= 4 is 21.6 Å². The SMILES string of the molecule is Brc1cncc(CNc2ccc(-n3nccn3)cc2)c1. The number of hydrogen-bond donors (Lipinski definition) is 1. The second kappa shape index (κ2) is 5.83. The molecule has 3 rings (SSSR count). The van der Waals surface area contributed by atoms with E-state index in [0.717, 1.165) is 28.0 Å². The minimum atomic E-state index is 0.728. The molecule has 0 aliphatic carbocycles. The third-order valence-electron chi connectivity index (χ3n) is 2.78. The highest BCUT2D eigenvalue weighted by molar-refractivity contribution is 9.10. The van der Waals surface area contributed by atoms with Gasteiger partial charge in [-0.25, -0.2) is 0 Å². The fourth-order valence-corrected chi connectivity index (χ4v) is 2.23. The number of nitrogens with one attached hydrogen (secondary N) is 1. The highest BCUT2D eigenvalue weighted by Crippen LogP contribution is 2.14. The van der Waals surface area contributed by atoms with Crippen molar-refractivity contribution in [1.29, 1.82) is 0 Å². The molecule has 0 aliphatic rings. The predicted molar refractivity (Wildman–Crippen MR) is 80.6 cm³/mol. The lowest BCUT2D eigenvalue weighted by molar-refractivity contribution is 0.752. The molecule has 5 nitrogen and oxygen atoms in total. The van der Waals surface area contributed by atoms with E-state index in [0.29, 0.717) is 0 Å². The van der Waals surface area contributed by atoms with Crippen LogP contribution in [0.2, 0.25) is 0 Å². The van der Waals surface area contributed by atoms with Crippen LogP contribution >= 0.6 is 15.9 Å². The number of rotatable bonds is 4. The van der Waals surface area contributed by atoms with Crippen LogP contribution in [0.5, 0.6) is 0 Å². The van der Waals surface area contributed by atoms with Crippen molar-refractivity contribution in [3.8, 4) is 5.69 Å². The topological polar surface area (TPSA) is 55.6 Å². The molecule has 20 heavy (non-hydrogen) atoms. The van der Waals surface area contributed by atoms with Crippen molar-refractivity contribution in [2.75, 3.05) is 5.32 Å². The summed E-state index contributed by atoms with van der Waals surface area (Å²) in [7, 11) is 0. The molecular formula is C14H12BrN5. The highest BCUT2D eigenvalue weighted by atomic mass is 79.9. The second-order valence-corrected chi connectivity index (χ2v) is 5.15. The Bertz CT molecular complexity index is 679. The molecule has 2 heterocycles. The summed E-state index contributed by atoms with van der Waals surface area (Å²) in [5.41, 5.74) is 3.10. The Labute approximate surface area is 124 Å². The molecule has 1 N–H and O–H groups in total. The van der Waals surface area contributed by atoms with Gasteiger partial charge in [0.1, 0.15) is 0 Å². The van der Waals surface area contributed by atoms with Gasteiger partial charge in [-0.3, -0.25) is 4.98 Å². The van der Waals surface area contributed by atoms with Crippen molar-refractivity contribution in [3.05, 3.63) is 65.2 Å². The summed E-state index contributed by atoms with van der Waals surface area (Å²) in [5.74, 6) is 0. The zero-order valence-electron chi connectivity index (χ0n) is 10.6. The molecule has 0 amide bonds. The summed E-state index contributed by atoms with van der Waals surface area (Å²) in [6.45, 7) is 0.728. The highest BCUT2D eigenvalue weighted by Gasteiger charge is 1.99. The lowest BCUT2D eigenvalue weighted by atomic mass is 10.2. The van der Waals surface area contributed by atoms with E-state index in [2.05, 4.69) is 36.4 Å². The number of pyridine rings is 1. The molecule has 2 aromatic heterocycles. The van der Waals surface area contributed by atoms with E-state index >= 15 is 0 Å². The Morgan fingerprint density at radius 2 is 1.80 bits per heavy atom. The molecule has 0 atom stereocenters. The maximum absolute atomic E-state index is 4.14. The fourth-order valence-electron chi connectivity index (χ4n) is 1.82. The summed E-state index contributed by atoms with van der Waals surface area (Å²) in [6, 6.07) is 10.00. The van der Waals surface area contributed by atoms with Gasteiger partial charge < -0.3 is 5.32 Å². The van der Waals surface area contributed by atoms with Crippen molar-refractivity contribution < 1.29 is 0 Å². The Morgan fingerprint density at radius 1 is 1.05 bits per heavy atom. The van der Waals surface area contributed by atoms with E-state index in [1.165, 1.54) is 0 Å². The fraction of sp³-hybridized carbons (Fsp3) is 0.0714. The van der Waals surface area contributed by atoms with E-state index in [4.69, 9.17) is 0 Å². The summed E-state index contributed by atoms with van der Waals surface area (Å²) >= 11 is 3.41. The van der Waals surface area contributed by atoms with Crippen LogP contribution in [-0.4, -0.2) is 20.0 Å². The smallest absolute Gasteiger partial charge is 0.0858 e. The Morgan fingerprint density at radius 3 is 2.50 bits per heavy atom. The van der Waals surface area contributed by atoms with Crippen molar-refractivity contribution in [3.63, 3.8) is 0 Å². The predicted octanol–water partition coefficient (Wildman–Crippen LogP) is 3.04. The molecule has 0 radical (unpaired) electrons. The average Bonchev–Trinajstić information content (AvgIpc) is 3.00. The number of aromatic nitrogens is 4. The lowest BCUT2D eigenvalue weighted by Gasteiger charge is -2.07. The van der Waals surface area contributed by atoms with Gasteiger partial charge in [-0.1, -0.05) is 0 Å². The van der Waals surface area contributed by atoms with Crippen LogP contribution in [0.25, 0.3) is 5.69 Å². The van der Waals surface area contributed by atoms with Crippen LogP contribution in [0.1, 0.15) is 5.56 Å². The molecular weight excluding hydrogens is 318 g/mol. The number of anilines is 1.